The monoisotopic (exact) mass is 867 g/mol. The lowest BCUT2D eigenvalue weighted by molar-refractivity contribution is -0.384. The van der Waals surface area contributed by atoms with Gasteiger partial charge in [0.15, 0.2) is 0 Å². The SMILES string of the molecule is C=CCO[C@@]12Oc3ccc(Oc4cccc([N+](=O)[O-])c4)cc3[C@H]3[C@H](CCCCO)[C@@H](CCCCO)C=C(C(=NOC4CCCCO4)C[C@@H]1N(CCC)C(=O)OCc1ccccc1)[C@H]32. The van der Waals surface area contributed by atoms with Crippen LogP contribution in [0.3, 0.4) is 0 Å². The highest BCUT2D eigenvalue weighted by atomic mass is 16.8. The maximum absolute atomic E-state index is 14.6. The summed E-state index contributed by atoms with van der Waals surface area (Å²) in [7, 11) is 0. The lowest BCUT2D eigenvalue weighted by Gasteiger charge is -2.60. The standard InChI is InChI=1S/C49H61N3O11/c1-3-24-51(48(55)59-33-34-15-6-5-7-16-34)44-32-42(50-63-45-21-10-13-28-58-45)40-29-35(17-8-11-25-53)39(20-9-12-26-54)46-41-31-38(61-37-19-14-18-36(30-37)52(56)57)22-23-43(41)62-49(44,47(40)46)60-27-4-2/h4-7,14-16,18-19,22-23,29-31,35,39,44-47,53-54H,2-3,8-13,17,20-21,24-28,32-33H2,1H3/t35-,39+,44-,45?,46+,47+,49+/m0/s1. The number of hydrogen-bond acceptors (Lipinski definition) is 12. The Morgan fingerprint density at radius 2 is 1.81 bits per heavy atom. The van der Waals surface area contributed by atoms with Gasteiger partial charge in [0.1, 0.15) is 29.9 Å². The predicted octanol–water partition coefficient (Wildman–Crippen LogP) is 9.60. The zero-order chi connectivity index (χ0) is 44.2. The number of rotatable bonds is 21. The molecule has 2 N–H and O–H groups in total. The summed E-state index contributed by atoms with van der Waals surface area (Å²) in [5.41, 5.74) is 3.18. The lowest BCUT2D eigenvalue weighted by Crippen LogP contribution is -2.70. The third-order valence-electron chi connectivity index (χ3n) is 12.6. The minimum Gasteiger partial charge on any atom is -0.459 e. The van der Waals surface area contributed by atoms with E-state index in [2.05, 4.69) is 12.7 Å². The zero-order valence-electron chi connectivity index (χ0n) is 36.2. The number of ether oxygens (including phenoxy) is 5. The van der Waals surface area contributed by atoms with Crippen LogP contribution in [-0.2, 0) is 25.7 Å². The van der Waals surface area contributed by atoms with Crippen molar-refractivity contribution in [3.05, 3.63) is 118 Å². The van der Waals surface area contributed by atoms with Crippen molar-refractivity contribution in [1.82, 2.24) is 4.90 Å². The average molecular weight is 868 g/mol. The summed E-state index contributed by atoms with van der Waals surface area (Å²) >= 11 is 0. The first-order valence-corrected chi connectivity index (χ1v) is 22.6. The summed E-state index contributed by atoms with van der Waals surface area (Å²) in [6.07, 6.45) is 10.7. The number of fused-ring (bicyclic) bond motifs is 2. The molecule has 0 spiro atoms. The van der Waals surface area contributed by atoms with E-state index >= 15 is 0 Å². The predicted molar refractivity (Wildman–Crippen MR) is 236 cm³/mol. The molecule has 0 aromatic heterocycles. The zero-order valence-corrected chi connectivity index (χ0v) is 36.2. The van der Waals surface area contributed by atoms with Crippen LogP contribution in [0.2, 0.25) is 0 Å². The van der Waals surface area contributed by atoms with Gasteiger partial charge in [-0.05, 0) is 92.2 Å². The summed E-state index contributed by atoms with van der Waals surface area (Å²) in [6.45, 7) is 7.28. The van der Waals surface area contributed by atoms with Crippen molar-refractivity contribution in [3.63, 3.8) is 0 Å². The van der Waals surface area contributed by atoms with Gasteiger partial charge >= 0.3 is 6.09 Å². The van der Waals surface area contributed by atoms with Crippen LogP contribution in [0.25, 0.3) is 0 Å². The van der Waals surface area contributed by atoms with E-state index in [1.807, 2.05) is 49.4 Å². The first kappa shape index (κ1) is 45.7. The highest BCUT2D eigenvalue weighted by Gasteiger charge is 2.65. The summed E-state index contributed by atoms with van der Waals surface area (Å²) in [5.74, 6) is -0.963. The number of nitro groups is 1. The normalized spacial score (nSPS) is 25.4. The molecule has 4 aliphatic rings. The molecular weight excluding hydrogens is 807 g/mol. The van der Waals surface area contributed by atoms with Gasteiger partial charge in [-0.2, -0.15) is 0 Å². The fourth-order valence-corrected chi connectivity index (χ4v) is 9.84. The Morgan fingerprint density at radius 1 is 1.02 bits per heavy atom. The number of nitrogens with zero attached hydrogens (tertiary/aromatic N) is 3. The second kappa shape index (κ2) is 21.9. The molecule has 3 aromatic carbocycles. The van der Waals surface area contributed by atoms with E-state index in [1.165, 1.54) is 12.1 Å². The second-order valence-corrected chi connectivity index (χ2v) is 16.8. The van der Waals surface area contributed by atoms with Crippen LogP contribution < -0.4 is 9.47 Å². The van der Waals surface area contributed by atoms with Crippen LogP contribution in [-0.4, -0.2) is 82.9 Å². The molecular formula is C49H61N3O11. The molecule has 3 aromatic rings. The number of non-ortho nitro benzene ring substituents is 1. The Morgan fingerprint density at radius 3 is 2.54 bits per heavy atom. The van der Waals surface area contributed by atoms with Gasteiger partial charge in [-0.15, -0.1) is 6.58 Å². The molecule has 1 unspecified atom stereocenters. The van der Waals surface area contributed by atoms with Gasteiger partial charge in [0.25, 0.3) is 5.69 Å². The van der Waals surface area contributed by atoms with E-state index in [4.69, 9.17) is 33.7 Å². The molecule has 2 heterocycles. The first-order chi connectivity index (χ1) is 30.8. The van der Waals surface area contributed by atoms with Crippen LogP contribution in [0, 0.1) is 27.9 Å². The Balaban J connectivity index is 1.41. The second-order valence-electron chi connectivity index (χ2n) is 16.8. The van der Waals surface area contributed by atoms with Gasteiger partial charge in [-0.3, -0.25) is 15.0 Å². The van der Waals surface area contributed by atoms with E-state index in [0.29, 0.717) is 61.8 Å². The van der Waals surface area contributed by atoms with Crippen molar-refractivity contribution in [2.45, 2.75) is 108 Å². The molecule has 63 heavy (non-hydrogen) atoms. The Labute approximate surface area is 369 Å². The number of allylic oxidation sites excluding steroid dienone is 1. The molecule has 7 atom stereocenters. The number of aliphatic hydroxyl groups is 2. The molecule has 14 heteroatoms. The Kier molecular flexibility index (Phi) is 15.9. The third-order valence-corrected chi connectivity index (χ3v) is 12.6. The fourth-order valence-electron chi connectivity index (χ4n) is 9.84. The number of nitro benzene ring substituents is 1. The lowest BCUT2D eigenvalue weighted by atomic mass is 9.55. The van der Waals surface area contributed by atoms with Gasteiger partial charge in [0.2, 0.25) is 12.1 Å². The van der Waals surface area contributed by atoms with Crippen LogP contribution in [0.4, 0.5) is 10.5 Å². The van der Waals surface area contributed by atoms with Crippen molar-refractivity contribution in [3.8, 4) is 17.2 Å². The van der Waals surface area contributed by atoms with Gasteiger partial charge in [-0.1, -0.05) is 73.5 Å². The summed E-state index contributed by atoms with van der Waals surface area (Å²) in [4.78, 5) is 33.8. The van der Waals surface area contributed by atoms with Crippen molar-refractivity contribution in [2.75, 3.05) is 33.0 Å². The topological polar surface area (TPSA) is 172 Å². The number of carbonyl (C=O) groups excluding carboxylic acids is 1. The van der Waals surface area contributed by atoms with Gasteiger partial charge < -0.3 is 38.7 Å². The summed E-state index contributed by atoms with van der Waals surface area (Å²) < 4.78 is 32.8. The summed E-state index contributed by atoms with van der Waals surface area (Å²) in [5, 5.41) is 36.5. The van der Waals surface area contributed by atoms with E-state index in [-0.39, 0.29) is 56.3 Å². The molecule has 7 rings (SSSR count). The molecule has 1 amide bonds. The van der Waals surface area contributed by atoms with Crippen molar-refractivity contribution in [2.24, 2.45) is 22.9 Å². The van der Waals surface area contributed by atoms with E-state index in [9.17, 15) is 25.1 Å². The van der Waals surface area contributed by atoms with Crippen LogP contribution in [0.5, 0.6) is 17.2 Å². The summed E-state index contributed by atoms with van der Waals surface area (Å²) in [6, 6.07) is 20.5. The number of benzene rings is 3. The minimum atomic E-state index is -1.47. The number of amides is 1. The van der Waals surface area contributed by atoms with Crippen LogP contribution in [0.15, 0.2) is 102 Å². The smallest absolute Gasteiger partial charge is 0.410 e. The average Bonchev–Trinajstić information content (AvgIpc) is 3.30. The fraction of sp³-hybridized carbons (Fsp3) is 0.510. The molecule has 14 nitrogen and oxygen atoms in total. The molecule has 2 aliphatic carbocycles. The first-order valence-electron chi connectivity index (χ1n) is 22.6. The van der Waals surface area contributed by atoms with Crippen molar-refractivity contribution in [1.29, 1.82) is 0 Å². The van der Waals surface area contributed by atoms with Crippen LogP contribution in [0.1, 0.15) is 94.6 Å². The molecule has 1 saturated heterocycles. The van der Waals surface area contributed by atoms with Crippen molar-refractivity contribution < 1.29 is 48.5 Å². The third kappa shape index (κ3) is 10.6. The molecule has 2 fully saturated rings. The maximum Gasteiger partial charge on any atom is 0.410 e. The quantitative estimate of drug-likeness (QED) is 0.0452. The number of aliphatic hydroxyl groups excluding tert-OH is 2. The molecule has 0 bridgehead atoms. The van der Waals surface area contributed by atoms with Crippen LogP contribution >= 0.6 is 0 Å². The van der Waals surface area contributed by atoms with E-state index < -0.39 is 35.1 Å². The molecule has 2 aliphatic heterocycles. The highest BCUT2D eigenvalue weighted by molar-refractivity contribution is 6.03. The number of carbonyl (C=O) groups is 1. The van der Waals surface area contributed by atoms with E-state index in [0.717, 1.165) is 55.2 Å². The van der Waals surface area contributed by atoms with E-state index in [1.54, 1.807) is 29.2 Å². The molecule has 1 saturated carbocycles. The maximum atomic E-state index is 14.6. The number of hydrogen-bond donors (Lipinski definition) is 2. The number of unbranched alkanes of at least 4 members (excludes halogenated alkanes) is 2. The van der Waals surface area contributed by atoms with Gasteiger partial charge in [-0.25, -0.2) is 4.79 Å². The Bertz CT molecular complexity index is 2070. The van der Waals surface area contributed by atoms with Gasteiger partial charge in [0, 0.05) is 50.1 Å². The Hall–Kier alpha value is -5.28. The van der Waals surface area contributed by atoms with Crippen molar-refractivity contribution >= 4 is 17.5 Å². The molecule has 0 radical (unpaired) electrons. The number of oxime groups is 1. The minimum absolute atomic E-state index is 0.0151. The highest BCUT2D eigenvalue weighted by Crippen LogP contribution is 2.62. The van der Waals surface area contributed by atoms with Gasteiger partial charge in [0.05, 0.1) is 35.8 Å². The largest absolute Gasteiger partial charge is 0.459 e. The molecule has 338 valence electrons.